The van der Waals surface area contributed by atoms with E-state index in [-0.39, 0.29) is 10.5 Å². The van der Waals surface area contributed by atoms with Crippen LogP contribution >= 0.6 is 0 Å². The van der Waals surface area contributed by atoms with Crippen LogP contribution in [0.4, 0.5) is 0 Å². The van der Waals surface area contributed by atoms with Crippen LogP contribution in [0.3, 0.4) is 0 Å². The molecular weight excluding hydrogens is 322 g/mol. The van der Waals surface area contributed by atoms with Gasteiger partial charge < -0.3 is 0 Å². The Morgan fingerprint density at radius 1 is 0.625 bits per heavy atom. The summed E-state index contributed by atoms with van der Waals surface area (Å²) in [6.45, 7) is 0. The third-order valence-corrected chi connectivity index (χ3v) is 4.92. The predicted octanol–water partition coefficient (Wildman–Crippen LogP) is 3.47. The second-order valence-electron chi connectivity index (χ2n) is 5.16. The van der Waals surface area contributed by atoms with Crippen LogP contribution in [-0.4, -0.2) is 14.3 Å². The highest BCUT2D eigenvalue weighted by Gasteiger charge is 2.31. The molecule has 1 heterocycles. The predicted molar refractivity (Wildman–Crippen MR) is 93.0 cm³/mol. The quantitative estimate of drug-likeness (QED) is 0.739. The number of amides is 1. The van der Waals surface area contributed by atoms with Gasteiger partial charge in [-0.15, -0.1) is 0 Å². The van der Waals surface area contributed by atoms with E-state index in [9.17, 15) is 13.2 Å². The molecule has 1 aliphatic heterocycles. The van der Waals surface area contributed by atoms with Crippen molar-refractivity contribution in [3.63, 3.8) is 0 Å². The summed E-state index contributed by atoms with van der Waals surface area (Å²) in [6, 6.07) is 26.9. The maximum Gasteiger partial charge on any atom is 0.266 e. The number of carbonyl (C=O) groups excluding carboxylic acids is 1. The fraction of sp³-hybridized carbons (Fsp3) is 0. The molecule has 0 atom stereocenters. The molecule has 5 heteroatoms. The Labute approximate surface area is 140 Å². The summed E-state index contributed by atoms with van der Waals surface area (Å²) in [6.07, 6.45) is 0. The molecule has 24 heavy (non-hydrogen) atoms. The number of carbonyl (C=O) groups is 1. The number of hydrogen-bond acceptors (Lipinski definition) is 3. The van der Waals surface area contributed by atoms with E-state index >= 15 is 0 Å². The van der Waals surface area contributed by atoms with Crippen LogP contribution in [0.1, 0.15) is 10.4 Å². The fourth-order valence-corrected chi connectivity index (χ4v) is 3.55. The number of rotatable bonds is 1. The van der Waals surface area contributed by atoms with Crippen molar-refractivity contribution < 1.29 is 13.2 Å². The minimum Gasteiger partial charge on any atom is -0.268 e. The second kappa shape index (κ2) is 6.68. The zero-order valence-corrected chi connectivity index (χ0v) is 13.5. The Kier molecular flexibility index (Phi) is 4.44. The van der Waals surface area contributed by atoms with Crippen molar-refractivity contribution in [2.45, 2.75) is 4.90 Å². The monoisotopic (exact) mass is 337 g/mol. The van der Waals surface area contributed by atoms with Gasteiger partial charge >= 0.3 is 0 Å². The van der Waals surface area contributed by atoms with Gasteiger partial charge in [-0.1, -0.05) is 72.8 Å². The Morgan fingerprint density at radius 3 is 1.58 bits per heavy atom. The Bertz CT molecular complexity index is 915. The van der Waals surface area contributed by atoms with E-state index in [1.165, 1.54) is 23.3 Å². The van der Waals surface area contributed by atoms with Crippen molar-refractivity contribution in [3.05, 3.63) is 90.5 Å². The summed E-state index contributed by atoms with van der Waals surface area (Å²) in [4.78, 5) is 11.1. The lowest BCUT2D eigenvalue weighted by Gasteiger charge is -1.98. The lowest BCUT2D eigenvalue weighted by atomic mass is 10.1. The third-order valence-electron chi connectivity index (χ3n) is 3.53. The van der Waals surface area contributed by atoms with Gasteiger partial charge in [-0.25, -0.2) is 13.1 Å². The van der Waals surface area contributed by atoms with Gasteiger partial charge in [0.1, 0.15) is 4.90 Å². The van der Waals surface area contributed by atoms with Crippen LogP contribution in [0.25, 0.3) is 11.1 Å². The summed E-state index contributed by atoms with van der Waals surface area (Å²) in [5.41, 5.74) is 2.77. The van der Waals surface area contributed by atoms with Gasteiger partial charge in [-0.05, 0) is 23.3 Å². The Balaban J connectivity index is 0.000000141. The normalized spacial score (nSPS) is 14.1. The standard InChI is InChI=1S/C12H10.C7H5NO3S/c1-3-7-11(8-4-1)12-9-5-2-6-10-12;9-7-5-3-1-2-4-6(5)12(10,11)8-7/h1-10H;1-4H,(H,8,9). The first kappa shape index (κ1) is 16.0. The number of sulfonamides is 1. The van der Waals surface area contributed by atoms with Crippen molar-refractivity contribution in [1.29, 1.82) is 0 Å². The van der Waals surface area contributed by atoms with Crippen molar-refractivity contribution in [2.24, 2.45) is 0 Å². The van der Waals surface area contributed by atoms with Crippen LogP contribution in [0, 0.1) is 0 Å². The zero-order chi connectivity index (χ0) is 17.0. The van der Waals surface area contributed by atoms with Crippen molar-refractivity contribution in [3.8, 4) is 11.1 Å². The molecule has 3 aromatic rings. The lowest BCUT2D eigenvalue weighted by molar-refractivity contribution is 0.0985. The summed E-state index contributed by atoms with van der Waals surface area (Å²) >= 11 is 0. The molecule has 0 spiro atoms. The lowest BCUT2D eigenvalue weighted by Crippen LogP contribution is -2.20. The van der Waals surface area contributed by atoms with E-state index in [4.69, 9.17) is 0 Å². The van der Waals surface area contributed by atoms with Gasteiger partial charge in [0.25, 0.3) is 15.9 Å². The van der Waals surface area contributed by atoms with Gasteiger partial charge in [0.2, 0.25) is 0 Å². The highest BCUT2D eigenvalue weighted by molar-refractivity contribution is 7.90. The van der Waals surface area contributed by atoms with Crippen LogP contribution in [0.5, 0.6) is 0 Å². The maximum atomic E-state index is 11.1. The highest BCUT2D eigenvalue weighted by atomic mass is 32.2. The number of benzene rings is 3. The minimum atomic E-state index is -3.55. The molecule has 0 saturated heterocycles. The van der Waals surface area contributed by atoms with Crippen LogP contribution < -0.4 is 4.72 Å². The van der Waals surface area contributed by atoms with Crippen LogP contribution in [0.15, 0.2) is 89.8 Å². The van der Waals surface area contributed by atoms with E-state index in [1.54, 1.807) is 12.1 Å². The average Bonchev–Trinajstić information content (AvgIpc) is 2.87. The molecule has 4 rings (SSSR count). The number of nitrogens with one attached hydrogen (secondary N) is 1. The Morgan fingerprint density at radius 2 is 1.08 bits per heavy atom. The molecule has 0 radical (unpaired) electrons. The molecule has 0 fully saturated rings. The molecular formula is C19H15NO3S. The van der Waals surface area contributed by atoms with E-state index in [0.29, 0.717) is 0 Å². The fourth-order valence-electron chi connectivity index (χ4n) is 2.38. The first-order chi connectivity index (χ1) is 11.6. The van der Waals surface area contributed by atoms with Gasteiger partial charge in [-0.2, -0.15) is 0 Å². The van der Waals surface area contributed by atoms with E-state index in [1.807, 2.05) is 16.9 Å². The van der Waals surface area contributed by atoms with E-state index in [0.717, 1.165) is 0 Å². The van der Waals surface area contributed by atoms with Gasteiger partial charge in [0.15, 0.2) is 0 Å². The van der Waals surface area contributed by atoms with Gasteiger partial charge in [0.05, 0.1) is 5.56 Å². The summed E-state index contributed by atoms with van der Waals surface area (Å²) in [5.74, 6) is -0.550. The van der Waals surface area contributed by atoms with Crippen LogP contribution in [0.2, 0.25) is 0 Å². The summed E-state index contributed by atoms with van der Waals surface area (Å²) in [5, 5.41) is 0. The molecule has 0 unspecified atom stereocenters. The van der Waals surface area contributed by atoms with Crippen LogP contribution in [-0.2, 0) is 10.0 Å². The molecule has 1 aliphatic rings. The molecule has 1 N–H and O–H groups in total. The molecule has 1 amide bonds. The van der Waals surface area contributed by atoms with Gasteiger partial charge in [0, 0.05) is 0 Å². The second-order valence-corrected chi connectivity index (χ2v) is 6.81. The minimum absolute atomic E-state index is 0.0648. The van der Waals surface area contributed by atoms with Crippen molar-refractivity contribution in [2.75, 3.05) is 0 Å². The SMILES string of the molecule is O=C1NS(=O)(=O)c2ccccc21.c1ccc(-c2ccccc2)cc1. The molecule has 0 aliphatic carbocycles. The summed E-state index contributed by atoms with van der Waals surface area (Å²) < 4.78 is 24.2. The van der Waals surface area contributed by atoms with Crippen molar-refractivity contribution in [1.82, 2.24) is 4.72 Å². The van der Waals surface area contributed by atoms with E-state index < -0.39 is 15.9 Å². The molecule has 120 valence electrons. The first-order valence-electron chi connectivity index (χ1n) is 7.34. The average molecular weight is 337 g/mol. The topological polar surface area (TPSA) is 63.2 Å². The molecule has 0 aromatic heterocycles. The molecule has 0 saturated carbocycles. The highest BCUT2D eigenvalue weighted by Crippen LogP contribution is 2.20. The zero-order valence-electron chi connectivity index (χ0n) is 12.7. The molecule has 3 aromatic carbocycles. The molecule has 4 nitrogen and oxygen atoms in total. The first-order valence-corrected chi connectivity index (χ1v) is 8.83. The van der Waals surface area contributed by atoms with Gasteiger partial charge in [-0.3, -0.25) is 4.79 Å². The molecule has 0 bridgehead atoms. The van der Waals surface area contributed by atoms with E-state index in [2.05, 4.69) is 48.5 Å². The Hall–Kier alpha value is -2.92. The third kappa shape index (κ3) is 3.36. The largest absolute Gasteiger partial charge is 0.268 e. The van der Waals surface area contributed by atoms with Crippen molar-refractivity contribution >= 4 is 15.9 Å². The maximum absolute atomic E-state index is 11.1. The number of fused-ring (bicyclic) bond motifs is 1. The smallest absolute Gasteiger partial charge is 0.266 e. The summed E-state index contributed by atoms with van der Waals surface area (Å²) in [7, 11) is -3.55. The number of hydrogen-bond donors (Lipinski definition) is 1.